The number of aromatic nitrogens is 2. The molecular formula is C21H25N3O6S. The number of benzene rings is 1. The minimum atomic E-state index is -3.16. The fourth-order valence-electron chi connectivity index (χ4n) is 4.24. The molecule has 2 aromatic rings. The lowest BCUT2D eigenvalue weighted by Gasteiger charge is -2.23. The Kier molecular flexibility index (Phi) is 5.59. The van der Waals surface area contributed by atoms with Gasteiger partial charge in [0.05, 0.1) is 33.5 Å². The molecule has 1 N–H and O–H groups in total. The van der Waals surface area contributed by atoms with Gasteiger partial charge in [0.15, 0.2) is 16.4 Å². The number of fused-ring (bicyclic) bond motifs is 2. The number of nitrogens with one attached hydrogen (secondary N) is 1. The Morgan fingerprint density at radius 1 is 1.26 bits per heavy atom. The Balaban J connectivity index is 1.45. The van der Waals surface area contributed by atoms with E-state index in [2.05, 4.69) is 10.3 Å². The molecule has 9 nitrogen and oxygen atoms in total. The number of ether oxygens (including phenoxy) is 1. The van der Waals surface area contributed by atoms with Crippen LogP contribution < -0.4 is 10.9 Å². The number of carbonyl (C=O) groups excluding carboxylic acids is 2. The first-order chi connectivity index (χ1) is 14.7. The van der Waals surface area contributed by atoms with E-state index in [0.29, 0.717) is 30.3 Å². The topological polar surface area (TPSA) is 124 Å². The molecule has 1 aromatic carbocycles. The molecule has 0 saturated carbocycles. The van der Waals surface area contributed by atoms with Gasteiger partial charge in [-0.3, -0.25) is 14.2 Å². The molecule has 1 unspecified atom stereocenters. The number of nitrogens with zero attached hydrogens (tertiary/aromatic N) is 2. The maximum absolute atomic E-state index is 12.8. The van der Waals surface area contributed by atoms with Gasteiger partial charge in [-0.15, -0.1) is 0 Å². The second-order valence-electron chi connectivity index (χ2n) is 8.55. The van der Waals surface area contributed by atoms with Crippen molar-refractivity contribution >= 4 is 32.6 Å². The fraction of sp³-hybridized carbons (Fsp3) is 0.524. The first kappa shape index (κ1) is 21.5. The highest BCUT2D eigenvalue weighted by atomic mass is 32.2. The lowest BCUT2D eigenvalue weighted by atomic mass is 10.0. The molecule has 4 rings (SSSR count). The van der Waals surface area contributed by atoms with E-state index in [0.717, 1.165) is 25.1 Å². The quantitative estimate of drug-likeness (QED) is 0.693. The van der Waals surface area contributed by atoms with E-state index in [-0.39, 0.29) is 22.6 Å². The lowest BCUT2D eigenvalue weighted by Crippen LogP contribution is -2.48. The lowest BCUT2D eigenvalue weighted by molar-refractivity contribution is -0.125. The van der Waals surface area contributed by atoms with Crippen molar-refractivity contribution in [3.8, 4) is 0 Å². The molecular weight excluding hydrogens is 422 g/mol. The summed E-state index contributed by atoms with van der Waals surface area (Å²) in [7, 11) is -3.16. The molecule has 2 aliphatic rings. The van der Waals surface area contributed by atoms with E-state index in [4.69, 9.17) is 4.74 Å². The van der Waals surface area contributed by atoms with Gasteiger partial charge in [0, 0.05) is 13.0 Å². The second kappa shape index (κ2) is 8.07. The predicted molar refractivity (Wildman–Crippen MR) is 114 cm³/mol. The molecule has 1 amide bonds. The van der Waals surface area contributed by atoms with Gasteiger partial charge in [0.1, 0.15) is 5.82 Å². The van der Waals surface area contributed by atoms with Gasteiger partial charge < -0.3 is 10.1 Å². The minimum Gasteiger partial charge on any atom is -0.452 e. The van der Waals surface area contributed by atoms with Crippen LogP contribution in [0.5, 0.6) is 0 Å². The average Bonchev–Trinajstić information content (AvgIpc) is 2.86. The predicted octanol–water partition coefficient (Wildman–Crippen LogP) is 0.973. The van der Waals surface area contributed by atoms with Gasteiger partial charge in [-0.05, 0) is 44.4 Å². The molecule has 2 aliphatic heterocycles. The monoisotopic (exact) mass is 447 g/mol. The van der Waals surface area contributed by atoms with Crippen LogP contribution in [-0.2, 0) is 32.3 Å². The Bertz CT molecular complexity index is 1220. The van der Waals surface area contributed by atoms with Crippen LogP contribution in [0.15, 0.2) is 23.0 Å². The van der Waals surface area contributed by atoms with Gasteiger partial charge in [0.2, 0.25) is 0 Å². The van der Waals surface area contributed by atoms with Crippen molar-refractivity contribution in [2.45, 2.75) is 51.1 Å². The van der Waals surface area contributed by atoms with Crippen molar-refractivity contribution in [2.24, 2.45) is 0 Å². The summed E-state index contributed by atoms with van der Waals surface area (Å²) in [5.41, 5.74) is -0.336. The molecule has 3 heterocycles. The summed E-state index contributed by atoms with van der Waals surface area (Å²) in [6.07, 6.45) is 4.00. The molecule has 0 spiro atoms. The Hall–Kier alpha value is -2.75. The molecule has 31 heavy (non-hydrogen) atoms. The number of hydrogen-bond donors (Lipinski definition) is 1. The molecule has 0 aliphatic carbocycles. The van der Waals surface area contributed by atoms with Crippen molar-refractivity contribution in [1.82, 2.24) is 14.9 Å². The number of amides is 1. The van der Waals surface area contributed by atoms with Crippen LogP contribution in [0.4, 0.5) is 0 Å². The Morgan fingerprint density at radius 3 is 2.81 bits per heavy atom. The summed E-state index contributed by atoms with van der Waals surface area (Å²) < 4.78 is 30.1. The van der Waals surface area contributed by atoms with Crippen molar-refractivity contribution in [3.63, 3.8) is 0 Å². The highest BCUT2D eigenvalue weighted by Gasteiger charge is 2.39. The van der Waals surface area contributed by atoms with Crippen LogP contribution in [0.3, 0.4) is 0 Å². The third-order valence-corrected chi connectivity index (χ3v) is 7.73. The van der Waals surface area contributed by atoms with E-state index >= 15 is 0 Å². The van der Waals surface area contributed by atoms with E-state index in [9.17, 15) is 22.8 Å². The van der Waals surface area contributed by atoms with Crippen molar-refractivity contribution in [2.75, 3.05) is 18.1 Å². The van der Waals surface area contributed by atoms with E-state index in [1.54, 1.807) is 17.6 Å². The van der Waals surface area contributed by atoms with Crippen molar-refractivity contribution < 1.29 is 22.7 Å². The number of hydrogen-bond acceptors (Lipinski definition) is 7. The summed E-state index contributed by atoms with van der Waals surface area (Å²) in [6.45, 7) is 1.79. The van der Waals surface area contributed by atoms with Crippen LogP contribution >= 0.6 is 0 Å². The number of esters is 1. The summed E-state index contributed by atoms with van der Waals surface area (Å²) in [4.78, 5) is 42.0. The van der Waals surface area contributed by atoms with Crippen LogP contribution in [0, 0.1) is 0 Å². The van der Waals surface area contributed by atoms with Crippen molar-refractivity contribution in [3.05, 3.63) is 39.9 Å². The summed E-state index contributed by atoms with van der Waals surface area (Å²) >= 11 is 0. The highest BCUT2D eigenvalue weighted by molar-refractivity contribution is 7.91. The number of rotatable bonds is 4. The SMILES string of the molecule is CC1(NC(=O)COC(=O)c2ccc3c(=O)n4c(nc3c2)CCCCC4)CCS(=O)(=O)C1. The maximum atomic E-state index is 12.8. The zero-order valence-corrected chi connectivity index (χ0v) is 18.2. The summed E-state index contributed by atoms with van der Waals surface area (Å²) in [6, 6.07) is 4.55. The molecule has 10 heteroatoms. The zero-order valence-electron chi connectivity index (χ0n) is 17.3. The molecule has 166 valence electrons. The van der Waals surface area contributed by atoms with Gasteiger partial charge in [-0.1, -0.05) is 6.42 Å². The van der Waals surface area contributed by atoms with Crippen LogP contribution in [0.2, 0.25) is 0 Å². The Labute approximate surface area is 179 Å². The van der Waals surface area contributed by atoms with Gasteiger partial charge >= 0.3 is 5.97 Å². The summed E-state index contributed by atoms with van der Waals surface area (Å²) in [5, 5.41) is 3.08. The molecule has 1 atom stereocenters. The number of carbonyl (C=O) groups is 2. The molecule has 1 fully saturated rings. The molecule has 0 radical (unpaired) electrons. The standard InChI is InChI=1S/C21H25N3O6S/c1-21(8-10-31(28,29)13-21)23-18(25)12-30-20(27)14-6-7-15-16(11-14)22-17-5-3-2-4-9-24(17)19(15)26/h6-7,11H,2-5,8-10,12-13H2,1H3,(H,23,25). The third-order valence-electron chi connectivity index (χ3n) is 5.83. The number of sulfone groups is 1. The maximum Gasteiger partial charge on any atom is 0.338 e. The first-order valence-corrected chi connectivity index (χ1v) is 12.2. The molecule has 1 saturated heterocycles. The normalized spacial score (nSPS) is 22.5. The zero-order chi connectivity index (χ0) is 22.2. The fourth-order valence-corrected chi connectivity index (χ4v) is 6.33. The smallest absolute Gasteiger partial charge is 0.338 e. The van der Waals surface area contributed by atoms with Gasteiger partial charge in [0.25, 0.3) is 11.5 Å². The van der Waals surface area contributed by atoms with Gasteiger partial charge in [-0.2, -0.15) is 0 Å². The Morgan fingerprint density at radius 2 is 2.06 bits per heavy atom. The minimum absolute atomic E-state index is 0.0251. The van der Waals surface area contributed by atoms with Crippen molar-refractivity contribution in [1.29, 1.82) is 0 Å². The largest absolute Gasteiger partial charge is 0.452 e. The molecule has 1 aromatic heterocycles. The van der Waals surface area contributed by atoms with Crippen LogP contribution in [-0.4, -0.2) is 53.5 Å². The number of aryl methyl sites for hydroxylation is 1. The third kappa shape index (κ3) is 4.63. The first-order valence-electron chi connectivity index (χ1n) is 10.4. The second-order valence-corrected chi connectivity index (χ2v) is 10.7. The highest BCUT2D eigenvalue weighted by Crippen LogP contribution is 2.22. The van der Waals surface area contributed by atoms with Gasteiger partial charge in [-0.25, -0.2) is 18.2 Å². The molecule has 0 bridgehead atoms. The van der Waals surface area contributed by atoms with E-state index in [1.165, 1.54) is 12.1 Å². The van der Waals surface area contributed by atoms with Crippen LogP contribution in [0.1, 0.15) is 48.8 Å². The van der Waals surface area contributed by atoms with Crippen LogP contribution in [0.25, 0.3) is 10.9 Å². The average molecular weight is 448 g/mol. The van der Waals surface area contributed by atoms with E-state index in [1.807, 2.05) is 0 Å². The van der Waals surface area contributed by atoms with E-state index < -0.39 is 33.9 Å². The summed E-state index contributed by atoms with van der Waals surface area (Å²) in [5.74, 6) is -0.652.